The number of benzene rings is 1. The second kappa shape index (κ2) is 6.89. The van der Waals surface area contributed by atoms with Gasteiger partial charge >= 0.3 is 0 Å². The molecule has 0 aromatic heterocycles. The summed E-state index contributed by atoms with van der Waals surface area (Å²) < 4.78 is 14.8. The Bertz CT molecular complexity index is 385. The maximum absolute atomic E-state index is 14.8. The third-order valence-corrected chi connectivity index (χ3v) is 2.98. The molecule has 0 aliphatic heterocycles. The zero-order chi connectivity index (χ0) is 13.6. The van der Waals surface area contributed by atoms with Crippen molar-refractivity contribution < 1.29 is 4.39 Å². The van der Waals surface area contributed by atoms with Crippen molar-refractivity contribution in [2.45, 2.75) is 45.3 Å². The van der Waals surface area contributed by atoms with E-state index in [1.807, 2.05) is 44.2 Å². The molecule has 0 N–H and O–H groups in total. The van der Waals surface area contributed by atoms with E-state index >= 15 is 0 Å². The molecule has 1 nitrogen and oxygen atoms in total. The summed E-state index contributed by atoms with van der Waals surface area (Å²) in [6.07, 6.45) is 1.05. The summed E-state index contributed by atoms with van der Waals surface area (Å²) in [5, 5.41) is 0. The molecule has 0 radical (unpaired) electrons. The second-order valence-electron chi connectivity index (χ2n) is 4.93. The van der Waals surface area contributed by atoms with Crippen LogP contribution in [0.4, 0.5) is 4.39 Å². The van der Waals surface area contributed by atoms with E-state index in [2.05, 4.69) is 4.99 Å². The SMILES string of the molecule is CC(C)N=C(c1ccccc1)C(C)(F)CCCCl. The average molecular weight is 270 g/mol. The van der Waals surface area contributed by atoms with Crippen LogP contribution in [0.3, 0.4) is 0 Å². The first-order chi connectivity index (χ1) is 8.47. The van der Waals surface area contributed by atoms with E-state index in [1.54, 1.807) is 6.92 Å². The minimum absolute atomic E-state index is 0.0753. The minimum Gasteiger partial charge on any atom is -0.283 e. The number of hydrogen-bond donors (Lipinski definition) is 0. The normalized spacial score (nSPS) is 15.8. The maximum Gasteiger partial charge on any atom is 0.150 e. The van der Waals surface area contributed by atoms with Crippen molar-refractivity contribution in [3.05, 3.63) is 35.9 Å². The lowest BCUT2D eigenvalue weighted by Gasteiger charge is -2.23. The zero-order valence-electron chi connectivity index (χ0n) is 11.3. The molecule has 1 unspecified atom stereocenters. The summed E-state index contributed by atoms with van der Waals surface area (Å²) in [5.74, 6) is 0.475. The quantitative estimate of drug-likeness (QED) is 0.527. The molecule has 1 aromatic carbocycles. The molecule has 0 bridgehead atoms. The molecule has 0 aliphatic carbocycles. The fourth-order valence-corrected chi connectivity index (χ4v) is 2.02. The van der Waals surface area contributed by atoms with Crippen LogP contribution in [0.5, 0.6) is 0 Å². The minimum atomic E-state index is -1.43. The van der Waals surface area contributed by atoms with Crippen LogP contribution in [0.2, 0.25) is 0 Å². The van der Waals surface area contributed by atoms with Gasteiger partial charge in [0.05, 0.1) is 5.71 Å². The molecular weight excluding hydrogens is 249 g/mol. The first-order valence-electron chi connectivity index (χ1n) is 6.36. The molecule has 0 saturated carbocycles. The molecule has 0 amide bonds. The first kappa shape index (κ1) is 15.2. The summed E-state index contributed by atoms with van der Waals surface area (Å²) in [7, 11) is 0. The maximum atomic E-state index is 14.8. The van der Waals surface area contributed by atoms with Crippen LogP contribution in [-0.4, -0.2) is 23.3 Å². The van der Waals surface area contributed by atoms with E-state index in [4.69, 9.17) is 11.6 Å². The Labute approximate surface area is 114 Å². The first-order valence-corrected chi connectivity index (χ1v) is 6.89. The lowest BCUT2D eigenvalue weighted by Crippen LogP contribution is -2.32. The summed E-state index contributed by atoms with van der Waals surface area (Å²) in [6.45, 7) is 5.51. The van der Waals surface area contributed by atoms with Gasteiger partial charge in [-0.25, -0.2) is 4.39 Å². The Kier molecular flexibility index (Phi) is 5.80. The molecule has 0 heterocycles. The Hall–Kier alpha value is -0.890. The van der Waals surface area contributed by atoms with E-state index in [0.29, 0.717) is 24.4 Å². The van der Waals surface area contributed by atoms with Crippen LogP contribution in [0.25, 0.3) is 0 Å². The molecule has 3 heteroatoms. The van der Waals surface area contributed by atoms with Gasteiger partial charge in [0.1, 0.15) is 5.67 Å². The molecule has 1 atom stereocenters. The topological polar surface area (TPSA) is 12.4 Å². The highest BCUT2D eigenvalue weighted by Gasteiger charge is 2.30. The van der Waals surface area contributed by atoms with Gasteiger partial charge in [-0.15, -0.1) is 11.6 Å². The molecule has 100 valence electrons. The van der Waals surface area contributed by atoms with Gasteiger partial charge in [0.25, 0.3) is 0 Å². The number of hydrogen-bond acceptors (Lipinski definition) is 1. The van der Waals surface area contributed by atoms with Crippen molar-refractivity contribution >= 4 is 17.3 Å². The van der Waals surface area contributed by atoms with Gasteiger partial charge in [-0.1, -0.05) is 30.3 Å². The third kappa shape index (κ3) is 4.41. The monoisotopic (exact) mass is 269 g/mol. The number of rotatable bonds is 6. The van der Waals surface area contributed by atoms with Gasteiger partial charge in [0.15, 0.2) is 0 Å². The smallest absolute Gasteiger partial charge is 0.150 e. The number of alkyl halides is 2. The largest absolute Gasteiger partial charge is 0.283 e. The van der Waals surface area contributed by atoms with E-state index in [-0.39, 0.29) is 6.04 Å². The molecular formula is C15H21ClFN. The van der Waals surface area contributed by atoms with Crippen LogP contribution in [0, 0.1) is 0 Å². The van der Waals surface area contributed by atoms with Crippen LogP contribution < -0.4 is 0 Å². The van der Waals surface area contributed by atoms with Gasteiger partial charge in [-0.2, -0.15) is 0 Å². The summed E-state index contributed by atoms with van der Waals surface area (Å²) in [4.78, 5) is 4.47. The van der Waals surface area contributed by atoms with Gasteiger partial charge in [-0.3, -0.25) is 4.99 Å². The highest BCUT2D eigenvalue weighted by atomic mass is 35.5. The highest BCUT2D eigenvalue weighted by molar-refractivity contribution is 6.17. The van der Waals surface area contributed by atoms with Gasteiger partial charge in [0.2, 0.25) is 0 Å². The molecule has 1 rings (SSSR count). The molecule has 0 aliphatic rings. The van der Waals surface area contributed by atoms with Crippen molar-refractivity contribution in [1.82, 2.24) is 0 Å². The Balaban J connectivity index is 3.07. The van der Waals surface area contributed by atoms with Crippen molar-refractivity contribution in [2.24, 2.45) is 4.99 Å². The molecule has 0 fully saturated rings. The predicted octanol–water partition coefficient (Wildman–Crippen LogP) is 4.63. The zero-order valence-corrected chi connectivity index (χ0v) is 12.0. The van der Waals surface area contributed by atoms with E-state index in [1.165, 1.54) is 0 Å². The fraction of sp³-hybridized carbons (Fsp3) is 0.533. The second-order valence-corrected chi connectivity index (χ2v) is 5.31. The molecule has 0 saturated heterocycles. The number of aliphatic imine (C=N–C) groups is 1. The standard InChI is InChI=1S/C15H21ClFN/c1-12(2)18-14(13-8-5-4-6-9-13)15(3,17)10-7-11-16/h4-6,8-9,12H,7,10-11H2,1-3H3. The number of halogens is 2. The lowest BCUT2D eigenvalue weighted by molar-refractivity contribution is 0.264. The summed E-state index contributed by atoms with van der Waals surface area (Å²) in [5.41, 5.74) is -0.0467. The summed E-state index contributed by atoms with van der Waals surface area (Å²) in [6, 6.07) is 9.61. The third-order valence-electron chi connectivity index (χ3n) is 2.71. The van der Waals surface area contributed by atoms with Gasteiger partial charge in [-0.05, 0) is 39.2 Å². The van der Waals surface area contributed by atoms with Crippen molar-refractivity contribution in [3.8, 4) is 0 Å². The lowest BCUT2D eigenvalue weighted by atomic mass is 9.91. The van der Waals surface area contributed by atoms with Crippen LogP contribution >= 0.6 is 11.6 Å². The number of nitrogens with zero attached hydrogens (tertiary/aromatic N) is 1. The molecule has 18 heavy (non-hydrogen) atoms. The van der Waals surface area contributed by atoms with Crippen LogP contribution in [0.15, 0.2) is 35.3 Å². The molecule has 1 aromatic rings. The van der Waals surface area contributed by atoms with Gasteiger partial charge < -0.3 is 0 Å². The van der Waals surface area contributed by atoms with E-state index < -0.39 is 5.67 Å². The average Bonchev–Trinajstić information content (AvgIpc) is 2.34. The Morgan fingerprint density at radius 2 is 1.94 bits per heavy atom. The van der Waals surface area contributed by atoms with Crippen molar-refractivity contribution in [3.63, 3.8) is 0 Å². The predicted molar refractivity (Wildman–Crippen MR) is 77.6 cm³/mol. The fourth-order valence-electron chi connectivity index (χ4n) is 1.88. The Morgan fingerprint density at radius 3 is 2.44 bits per heavy atom. The highest BCUT2D eigenvalue weighted by Crippen LogP contribution is 2.25. The van der Waals surface area contributed by atoms with E-state index in [9.17, 15) is 4.39 Å². The van der Waals surface area contributed by atoms with E-state index in [0.717, 1.165) is 5.56 Å². The van der Waals surface area contributed by atoms with Crippen LogP contribution in [-0.2, 0) is 0 Å². The van der Waals surface area contributed by atoms with Crippen molar-refractivity contribution in [2.75, 3.05) is 5.88 Å². The molecule has 0 spiro atoms. The Morgan fingerprint density at radius 1 is 1.33 bits per heavy atom. The van der Waals surface area contributed by atoms with Gasteiger partial charge in [0, 0.05) is 11.9 Å². The van der Waals surface area contributed by atoms with Crippen molar-refractivity contribution in [1.29, 1.82) is 0 Å². The van der Waals surface area contributed by atoms with Crippen LogP contribution in [0.1, 0.15) is 39.2 Å². The summed E-state index contributed by atoms with van der Waals surface area (Å²) >= 11 is 5.66.